The number of fused-ring (bicyclic) bond motifs is 1. The summed E-state index contributed by atoms with van der Waals surface area (Å²) in [6.07, 6.45) is 0. The highest BCUT2D eigenvalue weighted by molar-refractivity contribution is 9.10. The summed E-state index contributed by atoms with van der Waals surface area (Å²) in [5.41, 5.74) is 6.55. The van der Waals surface area contributed by atoms with E-state index in [1.807, 2.05) is 0 Å². The molecule has 2 aromatic carbocycles. The summed E-state index contributed by atoms with van der Waals surface area (Å²) in [5, 5.41) is 3.38. The molecule has 0 bridgehead atoms. The van der Waals surface area contributed by atoms with Crippen LogP contribution in [-0.2, 0) is 0 Å². The summed E-state index contributed by atoms with van der Waals surface area (Å²) >= 11 is 5.43. The minimum atomic E-state index is -0.0216. The van der Waals surface area contributed by atoms with Gasteiger partial charge in [0, 0.05) is 9.17 Å². The van der Waals surface area contributed by atoms with Gasteiger partial charge in [-0.2, -0.15) is 0 Å². The lowest BCUT2D eigenvalue weighted by Crippen LogP contribution is -2.29. The van der Waals surface area contributed by atoms with Crippen molar-refractivity contribution in [2.45, 2.75) is 13.0 Å². The van der Waals surface area contributed by atoms with Crippen LogP contribution in [0, 0.1) is 6.92 Å². The topological polar surface area (TPSA) is 38.0 Å². The Kier molecular flexibility index (Phi) is 3.89. The predicted octanol–water partition coefficient (Wildman–Crippen LogP) is 4.52. The molecule has 2 nitrogen and oxygen atoms in total. The van der Waals surface area contributed by atoms with Gasteiger partial charge in [0.1, 0.15) is 0 Å². The average Bonchev–Trinajstić information content (AvgIpc) is 2.93. The third-order valence-corrected chi connectivity index (χ3v) is 5.58. The Labute approximate surface area is 130 Å². The molecule has 1 aromatic heterocycles. The van der Waals surface area contributed by atoms with Gasteiger partial charge in [0.25, 0.3) is 0 Å². The van der Waals surface area contributed by atoms with Crippen LogP contribution >= 0.6 is 27.3 Å². The molecule has 1 unspecified atom stereocenters. The Bertz CT molecular complexity index is 751. The zero-order chi connectivity index (χ0) is 14.1. The van der Waals surface area contributed by atoms with Crippen LogP contribution in [0.25, 0.3) is 10.1 Å². The number of hydrazine groups is 1. The SMILES string of the molecule is Cc1cccc(C(NN)c2cccc3ccsc23)c1Br. The van der Waals surface area contributed by atoms with Crippen LogP contribution in [0.15, 0.2) is 52.3 Å². The number of nitrogens with one attached hydrogen (secondary N) is 1. The summed E-state index contributed by atoms with van der Waals surface area (Å²) < 4.78 is 2.39. The maximum atomic E-state index is 5.85. The summed E-state index contributed by atoms with van der Waals surface area (Å²) in [7, 11) is 0. The second-order valence-electron chi connectivity index (χ2n) is 4.76. The molecule has 0 saturated heterocycles. The molecule has 20 heavy (non-hydrogen) atoms. The van der Waals surface area contributed by atoms with Crippen molar-refractivity contribution in [3.05, 3.63) is 69.0 Å². The van der Waals surface area contributed by atoms with Crippen molar-refractivity contribution in [3.8, 4) is 0 Å². The first-order valence-electron chi connectivity index (χ1n) is 6.39. The van der Waals surface area contributed by atoms with E-state index >= 15 is 0 Å². The van der Waals surface area contributed by atoms with Gasteiger partial charge in [-0.05, 0) is 40.4 Å². The van der Waals surface area contributed by atoms with Crippen LogP contribution in [0.3, 0.4) is 0 Å². The molecule has 102 valence electrons. The standard InChI is InChI=1S/C16H15BrN2S/c1-10-4-2-6-12(14(10)17)15(19-18)13-7-3-5-11-8-9-20-16(11)13/h2-9,15,19H,18H2,1H3. The molecular weight excluding hydrogens is 332 g/mol. The molecule has 1 heterocycles. The molecular formula is C16H15BrN2S. The number of hydrogen-bond donors (Lipinski definition) is 2. The molecule has 0 amide bonds. The van der Waals surface area contributed by atoms with E-state index in [9.17, 15) is 0 Å². The predicted molar refractivity (Wildman–Crippen MR) is 89.9 cm³/mol. The molecule has 0 spiro atoms. The minimum absolute atomic E-state index is 0.0216. The molecule has 3 N–H and O–H groups in total. The maximum Gasteiger partial charge on any atom is 0.0734 e. The molecule has 0 fully saturated rings. The normalized spacial score (nSPS) is 12.8. The Morgan fingerprint density at radius 2 is 1.85 bits per heavy atom. The van der Waals surface area contributed by atoms with E-state index in [1.165, 1.54) is 21.2 Å². The zero-order valence-electron chi connectivity index (χ0n) is 11.1. The highest BCUT2D eigenvalue weighted by Crippen LogP contribution is 2.35. The molecule has 0 aliphatic heterocycles. The summed E-state index contributed by atoms with van der Waals surface area (Å²) in [6.45, 7) is 2.09. The second-order valence-corrected chi connectivity index (χ2v) is 6.47. The Morgan fingerprint density at radius 1 is 1.10 bits per heavy atom. The van der Waals surface area contributed by atoms with Crippen molar-refractivity contribution in [3.63, 3.8) is 0 Å². The van der Waals surface area contributed by atoms with Crippen LogP contribution in [0.1, 0.15) is 22.7 Å². The van der Waals surface area contributed by atoms with E-state index in [-0.39, 0.29) is 6.04 Å². The highest BCUT2D eigenvalue weighted by atomic mass is 79.9. The fraction of sp³-hybridized carbons (Fsp3) is 0.125. The van der Waals surface area contributed by atoms with Crippen LogP contribution in [0.4, 0.5) is 0 Å². The molecule has 0 aliphatic rings. The average molecular weight is 347 g/mol. The minimum Gasteiger partial charge on any atom is -0.271 e. The van der Waals surface area contributed by atoms with Gasteiger partial charge < -0.3 is 0 Å². The van der Waals surface area contributed by atoms with Crippen LogP contribution in [0.2, 0.25) is 0 Å². The van der Waals surface area contributed by atoms with Gasteiger partial charge >= 0.3 is 0 Å². The Balaban J connectivity index is 2.19. The van der Waals surface area contributed by atoms with Gasteiger partial charge in [0.2, 0.25) is 0 Å². The van der Waals surface area contributed by atoms with Crippen LogP contribution < -0.4 is 11.3 Å². The van der Waals surface area contributed by atoms with Gasteiger partial charge in [0.05, 0.1) is 6.04 Å². The van der Waals surface area contributed by atoms with E-state index in [2.05, 4.69) is 76.1 Å². The molecule has 3 aromatic rings. The van der Waals surface area contributed by atoms with Gasteiger partial charge in [-0.1, -0.05) is 52.3 Å². The number of hydrogen-bond acceptors (Lipinski definition) is 3. The lowest BCUT2D eigenvalue weighted by Gasteiger charge is -2.20. The first-order chi connectivity index (χ1) is 9.72. The van der Waals surface area contributed by atoms with E-state index in [0.717, 1.165) is 10.0 Å². The van der Waals surface area contributed by atoms with Crippen molar-refractivity contribution >= 4 is 37.4 Å². The van der Waals surface area contributed by atoms with Gasteiger partial charge in [0.15, 0.2) is 0 Å². The largest absolute Gasteiger partial charge is 0.271 e. The fourth-order valence-corrected chi connectivity index (χ4v) is 3.92. The van der Waals surface area contributed by atoms with E-state index in [1.54, 1.807) is 11.3 Å². The van der Waals surface area contributed by atoms with Crippen LogP contribution in [0.5, 0.6) is 0 Å². The number of aryl methyl sites for hydroxylation is 1. The summed E-state index contributed by atoms with van der Waals surface area (Å²) in [5.74, 6) is 5.85. The van der Waals surface area contributed by atoms with Crippen molar-refractivity contribution in [2.75, 3.05) is 0 Å². The number of thiophene rings is 1. The number of rotatable bonds is 3. The van der Waals surface area contributed by atoms with Crippen molar-refractivity contribution in [1.82, 2.24) is 5.43 Å². The maximum absolute atomic E-state index is 5.85. The summed E-state index contributed by atoms with van der Waals surface area (Å²) in [6, 6.07) is 14.7. The second kappa shape index (κ2) is 5.66. The first-order valence-corrected chi connectivity index (χ1v) is 8.07. The lowest BCUT2D eigenvalue weighted by molar-refractivity contribution is 0.639. The smallest absolute Gasteiger partial charge is 0.0734 e. The quantitative estimate of drug-likeness (QED) is 0.540. The molecule has 1 atom stereocenters. The van der Waals surface area contributed by atoms with Crippen molar-refractivity contribution in [1.29, 1.82) is 0 Å². The first kappa shape index (κ1) is 13.8. The number of nitrogens with two attached hydrogens (primary N) is 1. The van der Waals surface area contributed by atoms with Crippen LogP contribution in [-0.4, -0.2) is 0 Å². The lowest BCUT2D eigenvalue weighted by atomic mass is 9.97. The molecule has 3 rings (SSSR count). The molecule has 0 aliphatic carbocycles. The molecule has 4 heteroatoms. The zero-order valence-corrected chi connectivity index (χ0v) is 13.5. The van der Waals surface area contributed by atoms with E-state index < -0.39 is 0 Å². The molecule has 0 radical (unpaired) electrons. The Morgan fingerprint density at radius 3 is 2.65 bits per heavy atom. The van der Waals surface area contributed by atoms with Gasteiger partial charge in [-0.25, -0.2) is 5.43 Å². The third-order valence-electron chi connectivity index (χ3n) is 3.52. The van der Waals surface area contributed by atoms with Crippen molar-refractivity contribution < 1.29 is 0 Å². The third kappa shape index (κ3) is 2.29. The highest BCUT2D eigenvalue weighted by Gasteiger charge is 2.18. The number of halogens is 1. The van der Waals surface area contributed by atoms with Gasteiger partial charge in [-0.3, -0.25) is 5.84 Å². The number of benzene rings is 2. The van der Waals surface area contributed by atoms with Crippen molar-refractivity contribution in [2.24, 2.45) is 5.84 Å². The van der Waals surface area contributed by atoms with E-state index in [0.29, 0.717) is 0 Å². The summed E-state index contributed by atoms with van der Waals surface area (Å²) in [4.78, 5) is 0. The fourth-order valence-electron chi connectivity index (χ4n) is 2.48. The van der Waals surface area contributed by atoms with Gasteiger partial charge in [-0.15, -0.1) is 11.3 Å². The Hall–Kier alpha value is -1.20. The molecule has 0 saturated carbocycles. The monoisotopic (exact) mass is 346 g/mol. The van der Waals surface area contributed by atoms with E-state index in [4.69, 9.17) is 5.84 Å².